The number of carbonyl (C=O) groups is 4. The summed E-state index contributed by atoms with van der Waals surface area (Å²) < 4.78 is 18.8. The van der Waals surface area contributed by atoms with Crippen LogP contribution < -0.4 is 5.32 Å². The van der Waals surface area contributed by atoms with Gasteiger partial charge >= 0.3 is 5.97 Å². The van der Waals surface area contributed by atoms with Gasteiger partial charge in [0.1, 0.15) is 29.8 Å². The molecule has 2 N–H and O–H groups in total. The molecule has 6 rings (SSSR count). The van der Waals surface area contributed by atoms with E-state index in [2.05, 4.69) is 26.1 Å². The van der Waals surface area contributed by atoms with Crippen LogP contribution in [0.3, 0.4) is 0 Å². The zero-order valence-corrected chi connectivity index (χ0v) is 28.0. The van der Waals surface area contributed by atoms with Crippen molar-refractivity contribution in [2.45, 2.75) is 49.5 Å². The van der Waals surface area contributed by atoms with Gasteiger partial charge < -0.3 is 34.4 Å². The molecule has 0 aliphatic carbocycles. The molecule has 0 unspecified atom stereocenters. The van der Waals surface area contributed by atoms with Gasteiger partial charge in [-0.3, -0.25) is 24.1 Å². The third-order valence-corrected chi connectivity index (χ3v) is 10.5. The van der Waals surface area contributed by atoms with E-state index in [4.69, 9.17) is 14.2 Å². The van der Waals surface area contributed by atoms with Crippen LogP contribution in [-0.2, 0) is 33.4 Å². The Balaban J connectivity index is 1.37. The van der Waals surface area contributed by atoms with Gasteiger partial charge in [-0.15, -0.1) is 0 Å². The van der Waals surface area contributed by atoms with Crippen molar-refractivity contribution in [1.29, 1.82) is 0 Å². The van der Waals surface area contributed by atoms with Crippen LogP contribution in [0.4, 0.5) is 0 Å². The number of morpholine rings is 1. The third-order valence-electron chi connectivity index (χ3n) is 9.79. The van der Waals surface area contributed by atoms with Crippen molar-refractivity contribution >= 4 is 39.6 Å². The van der Waals surface area contributed by atoms with E-state index in [-0.39, 0.29) is 50.4 Å². The maximum atomic E-state index is 14.8. The van der Waals surface area contributed by atoms with Gasteiger partial charge in [0.15, 0.2) is 0 Å². The smallest absolute Gasteiger partial charge is 0.313 e. The van der Waals surface area contributed by atoms with Crippen molar-refractivity contribution in [2.24, 2.45) is 11.8 Å². The second kappa shape index (κ2) is 15.0. The summed E-state index contributed by atoms with van der Waals surface area (Å²) in [6, 6.07) is 8.17. The van der Waals surface area contributed by atoms with Crippen molar-refractivity contribution in [3.63, 3.8) is 0 Å². The first-order valence-corrected chi connectivity index (χ1v) is 17.4. The van der Waals surface area contributed by atoms with E-state index in [1.165, 1.54) is 0 Å². The number of rotatable bonds is 8. The van der Waals surface area contributed by atoms with Crippen LogP contribution >= 0.6 is 15.9 Å². The molecule has 0 saturated carbocycles. The number of cyclic esters (lactones) is 1. The minimum absolute atomic E-state index is 0.0396. The topological polar surface area (TPSA) is 138 Å². The molecule has 1 aromatic carbocycles. The molecule has 6 atom stereocenters. The molecule has 0 radical (unpaired) electrons. The zero-order valence-electron chi connectivity index (χ0n) is 26.4. The van der Waals surface area contributed by atoms with Crippen LogP contribution in [0.2, 0.25) is 0 Å². The predicted molar refractivity (Wildman–Crippen MR) is 174 cm³/mol. The largest absolute Gasteiger partial charge is 0.455 e. The van der Waals surface area contributed by atoms with Crippen LogP contribution in [0.15, 0.2) is 53.0 Å². The number of ether oxygens (including phenoxy) is 3. The third kappa shape index (κ3) is 6.91. The fourth-order valence-corrected chi connectivity index (χ4v) is 8.13. The Bertz CT molecular complexity index is 1390. The van der Waals surface area contributed by atoms with Crippen molar-refractivity contribution in [2.75, 3.05) is 65.6 Å². The summed E-state index contributed by atoms with van der Waals surface area (Å²) in [5.41, 5.74) is -0.661. The van der Waals surface area contributed by atoms with Gasteiger partial charge in [0.2, 0.25) is 17.7 Å². The Morgan fingerprint density at radius 2 is 1.77 bits per heavy atom. The van der Waals surface area contributed by atoms with Gasteiger partial charge in [-0.05, 0) is 30.9 Å². The number of aliphatic hydroxyl groups excluding tert-OH is 1. The number of nitrogens with zero attached hydrogens (tertiary/aromatic N) is 3. The van der Waals surface area contributed by atoms with Crippen LogP contribution in [0, 0.1) is 11.8 Å². The molecule has 12 nitrogen and oxygen atoms in total. The summed E-state index contributed by atoms with van der Waals surface area (Å²) in [6.45, 7) is 4.40. The number of likely N-dealkylation sites (tertiary alicyclic amines) is 1. The first kappa shape index (κ1) is 33.8. The van der Waals surface area contributed by atoms with E-state index in [0.29, 0.717) is 55.6 Å². The van der Waals surface area contributed by atoms with Crippen molar-refractivity contribution in [1.82, 2.24) is 20.0 Å². The van der Waals surface area contributed by atoms with Gasteiger partial charge in [0, 0.05) is 56.8 Å². The van der Waals surface area contributed by atoms with Crippen LogP contribution in [-0.4, -0.2) is 127 Å². The highest BCUT2D eigenvalue weighted by Gasteiger charge is 2.74. The molecule has 1 spiro atoms. The van der Waals surface area contributed by atoms with Crippen LogP contribution in [0.1, 0.15) is 37.4 Å². The average molecular weight is 716 g/mol. The maximum absolute atomic E-state index is 14.8. The molecular formula is C34H43BrN4O8. The van der Waals surface area contributed by atoms with Gasteiger partial charge in [-0.25, -0.2) is 0 Å². The SMILES string of the molecule is O=C1CC/C=C\CN(CCN2CCOCC2)C(=O)[C@@H]2N(CCCCO)C(=O)[C@H]3[C@H](C(=O)O[C@H](c4ccccc4)CN1)[C@H]1O[C@@]23C=C1Br. The number of aliphatic hydroxyl groups is 1. The molecule has 1 aromatic rings. The van der Waals surface area contributed by atoms with Gasteiger partial charge in [0.05, 0.1) is 25.7 Å². The molecule has 47 heavy (non-hydrogen) atoms. The highest BCUT2D eigenvalue weighted by molar-refractivity contribution is 9.11. The lowest BCUT2D eigenvalue weighted by molar-refractivity contribution is -0.159. The molecule has 3 amide bonds. The summed E-state index contributed by atoms with van der Waals surface area (Å²) in [5.74, 6) is -3.38. The number of benzene rings is 1. The van der Waals surface area contributed by atoms with Crippen molar-refractivity contribution in [3.8, 4) is 0 Å². The molecular weight excluding hydrogens is 672 g/mol. The van der Waals surface area contributed by atoms with E-state index in [0.717, 1.165) is 13.1 Å². The number of unbranched alkanes of at least 4 members (excludes halogenated alkanes) is 1. The molecule has 254 valence electrons. The van der Waals surface area contributed by atoms with E-state index in [9.17, 15) is 24.3 Å². The summed E-state index contributed by atoms with van der Waals surface area (Å²) in [6.07, 6.45) is 5.67. The number of halogens is 1. The molecule has 3 saturated heterocycles. The predicted octanol–water partition coefficient (Wildman–Crippen LogP) is 1.54. The van der Waals surface area contributed by atoms with Crippen molar-refractivity contribution < 1.29 is 38.5 Å². The number of hydrogen-bond acceptors (Lipinski definition) is 9. The summed E-state index contributed by atoms with van der Waals surface area (Å²) >= 11 is 3.60. The summed E-state index contributed by atoms with van der Waals surface area (Å²) in [5, 5.41) is 12.4. The van der Waals surface area contributed by atoms with E-state index in [1.54, 1.807) is 15.9 Å². The van der Waals surface area contributed by atoms with Gasteiger partial charge in [-0.1, -0.05) is 58.4 Å². The number of esters is 1. The number of amides is 3. The van der Waals surface area contributed by atoms with Gasteiger partial charge in [-0.2, -0.15) is 0 Å². The molecule has 0 aromatic heterocycles. The average Bonchev–Trinajstić information content (AvgIpc) is 3.67. The Hall–Kier alpha value is -3.10. The first-order chi connectivity index (χ1) is 22.8. The second-order valence-electron chi connectivity index (χ2n) is 12.7. The molecule has 5 heterocycles. The normalized spacial score (nSPS) is 32.6. The fraction of sp³-hybridized carbons (Fsp3) is 0.588. The minimum Gasteiger partial charge on any atom is -0.455 e. The number of nitrogens with one attached hydrogen (secondary N) is 1. The Morgan fingerprint density at radius 1 is 0.979 bits per heavy atom. The number of carbonyl (C=O) groups excluding carboxylic acids is 4. The van der Waals surface area contributed by atoms with Crippen molar-refractivity contribution in [3.05, 3.63) is 58.6 Å². The Labute approximate surface area is 283 Å². The fourth-order valence-electron chi connectivity index (χ4n) is 7.39. The van der Waals surface area contributed by atoms with Crippen LogP contribution in [0.25, 0.3) is 0 Å². The lowest BCUT2D eigenvalue weighted by Gasteiger charge is -2.37. The molecule has 13 heteroatoms. The van der Waals surface area contributed by atoms with E-state index >= 15 is 0 Å². The molecule has 5 bridgehead atoms. The first-order valence-electron chi connectivity index (χ1n) is 16.6. The molecule has 3 fully saturated rings. The van der Waals surface area contributed by atoms with E-state index in [1.807, 2.05) is 42.5 Å². The lowest BCUT2D eigenvalue weighted by Crippen LogP contribution is -2.57. The molecule has 5 aliphatic rings. The highest BCUT2D eigenvalue weighted by Crippen LogP contribution is 2.59. The standard InChI is InChI=1S/C34H43BrN4O8/c35-24-21-34-28-27(29(24)47-34)33(44)46-25(23-9-3-1-4-10-23)22-36-26(41)11-5-2-6-12-38(15-14-37-16-19-45-20-17-37)32(43)30(34)39(31(28)42)13-7-8-18-40/h1-4,6,9-10,21,25,27-30,40H,5,7-8,11-20,22H2,(H,36,41)/b6-2-/t25-,27-,28+,29-,30-,34+/m0/s1. The number of hydrogen-bond donors (Lipinski definition) is 2. The van der Waals surface area contributed by atoms with Gasteiger partial charge in [0.25, 0.3) is 0 Å². The summed E-state index contributed by atoms with van der Waals surface area (Å²) in [4.78, 5) is 61.6. The maximum Gasteiger partial charge on any atom is 0.313 e. The quantitative estimate of drug-likeness (QED) is 0.233. The summed E-state index contributed by atoms with van der Waals surface area (Å²) in [7, 11) is 0. The van der Waals surface area contributed by atoms with E-state index < -0.39 is 41.7 Å². The number of fused-ring (bicyclic) bond motifs is 2. The minimum atomic E-state index is -1.37. The zero-order chi connectivity index (χ0) is 33.0. The Morgan fingerprint density at radius 3 is 2.53 bits per heavy atom. The number of allylic oxidation sites excluding steroid dienone is 1. The lowest BCUT2D eigenvalue weighted by atomic mass is 9.74. The van der Waals surface area contributed by atoms with Crippen LogP contribution in [0.5, 0.6) is 0 Å². The monoisotopic (exact) mass is 714 g/mol. The second-order valence-corrected chi connectivity index (χ2v) is 13.6. The highest BCUT2D eigenvalue weighted by atomic mass is 79.9. The molecule has 5 aliphatic heterocycles. The Kier molecular flexibility index (Phi) is 10.8.